The van der Waals surface area contributed by atoms with Gasteiger partial charge in [0.15, 0.2) is 0 Å². The SMILES string of the molecule is CC(NCC1CCCN1)C1CCN(Cc2ccccc2)C1. The Morgan fingerprint density at radius 1 is 1.29 bits per heavy atom. The lowest BCUT2D eigenvalue weighted by molar-refractivity contribution is 0.295. The minimum absolute atomic E-state index is 0.633. The summed E-state index contributed by atoms with van der Waals surface area (Å²) in [7, 11) is 0. The van der Waals surface area contributed by atoms with Gasteiger partial charge in [0.2, 0.25) is 0 Å². The van der Waals surface area contributed by atoms with Crippen LogP contribution in [0.1, 0.15) is 31.7 Å². The van der Waals surface area contributed by atoms with Gasteiger partial charge in [0.1, 0.15) is 0 Å². The molecule has 3 rings (SSSR count). The summed E-state index contributed by atoms with van der Waals surface area (Å²) in [6, 6.07) is 12.2. The second-order valence-electron chi connectivity index (χ2n) is 6.76. The fourth-order valence-electron chi connectivity index (χ4n) is 3.68. The van der Waals surface area contributed by atoms with Crippen molar-refractivity contribution in [3.63, 3.8) is 0 Å². The highest BCUT2D eigenvalue weighted by molar-refractivity contribution is 5.14. The molecule has 0 radical (unpaired) electrons. The predicted octanol–water partition coefficient (Wildman–Crippen LogP) is 2.24. The van der Waals surface area contributed by atoms with Gasteiger partial charge in [-0.05, 0) is 50.8 Å². The van der Waals surface area contributed by atoms with Gasteiger partial charge in [-0.3, -0.25) is 4.90 Å². The lowest BCUT2D eigenvalue weighted by Crippen LogP contribution is -2.42. The maximum atomic E-state index is 3.76. The number of likely N-dealkylation sites (tertiary alicyclic amines) is 1. The van der Waals surface area contributed by atoms with Crippen LogP contribution >= 0.6 is 0 Å². The summed E-state index contributed by atoms with van der Waals surface area (Å²) in [5.74, 6) is 0.801. The van der Waals surface area contributed by atoms with Crippen LogP contribution in [0.5, 0.6) is 0 Å². The molecule has 2 heterocycles. The molecule has 3 unspecified atom stereocenters. The molecule has 0 spiro atoms. The quantitative estimate of drug-likeness (QED) is 0.840. The summed E-state index contributed by atoms with van der Waals surface area (Å²) >= 11 is 0. The van der Waals surface area contributed by atoms with Gasteiger partial charge in [0.05, 0.1) is 0 Å². The number of hydrogen-bond acceptors (Lipinski definition) is 3. The van der Waals surface area contributed by atoms with Crippen molar-refractivity contribution in [1.29, 1.82) is 0 Å². The van der Waals surface area contributed by atoms with Crippen LogP contribution in [0.4, 0.5) is 0 Å². The van der Waals surface area contributed by atoms with Crippen molar-refractivity contribution < 1.29 is 0 Å². The molecule has 21 heavy (non-hydrogen) atoms. The molecule has 2 aliphatic heterocycles. The monoisotopic (exact) mass is 287 g/mol. The molecule has 116 valence electrons. The lowest BCUT2D eigenvalue weighted by atomic mass is 10.0. The van der Waals surface area contributed by atoms with E-state index in [1.807, 2.05) is 0 Å². The molecule has 2 aliphatic rings. The van der Waals surface area contributed by atoms with E-state index in [4.69, 9.17) is 0 Å². The molecule has 0 aliphatic carbocycles. The topological polar surface area (TPSA) is 27.3 Å². The van der Waals surface area contributed by atoms with Gasteiger partial charge in [0.25, 0.3) is 0 Å². The van der Waals surface area contributed by atoms with Crippen LogP contribution in [0.25, 0.3) is 0 Å². The van der Waals surface area contributed by atoms with Crippen molar-refractivity contribution >= 4 is 0 Å². The Morgan fingerprint density at radius 3 is 2.90 bits per heavy atom. The Labute approximate surface area is 129 Å². The highest BCUT2D eigenvalue weighted by Crippen LogP contribution is 2.21. The Kier molecular flexibility index (Phi) is 5.28. The number of nitrogens with one attached hydrogen (secondary N) is 2. The van der Waals surface area contributed by atoms with Crippen LogP contribution in [-0.4, -0.2) is 43.2 Å². The largest absolute Gasteiger partial charge is 0.313 e. The standard InChI is InChI=1S/C18H29N3/c1-15(20-12-18-8-5-10-19-18)17-9-11-21(14-17)13-16-6-3-2-4-7-16/h2-4,6-7,15,17-20H,5,8-14H2,1H3. The number of nitrogens with zero attached hydrogens (tertiary/aromatic N) is 1. The van der Waals surface area contributed by atoms with Crippen molar-refractivity contribution in [3.8, 4) is 0 Å². The van der Waals surface area contributed by atoms with Gasteiger partial charge in [-0.15, -0.1) is 0 Å². The van der Waals surface area contributed by atoms with E-state index >= 15 is 0 Å². The van der Waals surface area contributed by atoms with Crippen LogP contribution in [0.3, 0.4) is 0 Å². The van der Waals surface area contributed by atoms with Crippen LogP contribution in [0, 0.1) is 5.92 Å². The molecular formula is C18H29N3. The molecule has 0 amide bonds. The summed E-state index contributed by atoms with van der Waals surface area (Å²) in [6.45, 7) is 8.29. The minimum Gasteiger partial charge on any atom is -0.313 e. The molecule has 2 fully saturated rings. The summed E-state index contributed by atoms with van der Waals surface area (Å²) in [5.41, 5.74) is 1.44. The van der Waals surface area contributed by atoms with Gasteiger partial charge < -0.3 is 10.6 Å². The second-order valence-corrected chi connectivity index (χ2v) is 6.76. The van der Waals surface area contributed by atoms with Gasteiger partial charge in [0, 0.05) is 31.7 Å². The van der Waals surface area contributed by atoms with Crippen molar-refractivity contribution in [2.24, 2.45) is 5.92 Å². The van der Waals surface area contributed by atoms with Crippen LogP contribution in [0.2, 0.25) is 0 Å². The van der Waals surface area contributed by atoms with E-state index in [1.54, 1.807) is 0 Å². The molecule has 1 aromatic carbocycles. The Morgan fingerprint density at radius 2 is 2.14 bits per heavy atom. The first-order valence-corrected chi connectivity index (χ1v) is 8.54. The number of benzene rings is 1. The first kappa shape index (κ1) is 15.0. The van der Waals surface area contributed by atoms with Crippen molar-refractivity contribution in [2.45, 2.75) is 44.8 Å². The van der Waals surface area contributed by atoms with E-state index in [1.165, 1.54) is 44.5 Å². The zero-order chi connectivity index (χ0) is 14.5. The number of rotatable bonds is 6. The van der Waals surface area contributed by atoms with Crippen molar-refractivity contribution in [2.75, 3.05) is 26.2 Å². The molecule has 0 saturated carbocycles. The van der Waals surface area contributed by atoms with Gasteiger partial charge >= 0.3 is 0 Å². The first-order valence-electron chi connectivity index (χ1n) is 8.54. The maximum absolute atomic E-state index is 3.76. The Hall–Kier alpha value is -0.900. The molecule has 3 heteroatoms. The third kappa shape index (κ3) is 4.29. The van der Waals surface area contributed by atoms with E-state index < -0.39 is 0 Å². The first-order chi connectivity index (χ1) is 10.3. The van der Waals surface area contributed by atoms with E-state index in [9.17, 15) is 0 Å². The minimum atomic E-state index is 0.633. The summed E-state index contributed by atoms with van der Waals surface area (Å²) < 4.78 is 0. The average Bonchev–Trinajstić information content (AvgIpc) is 3.17. The Bertz CT molecular complexity index is 414. The predicted molar refractivity (Wildman–Crippen MR) is 88.3 cm³/mol. The summed E-state index contributed by atoms with van der Waals surface area (Å²) in [4.78, 5) is 2.60. The third-order valence-electron chi connectivity index (χ3n) is 5.11. The molecule has 0 aromatic heterocycles. The fourth-order valence-corrected chi connectivity index (χ4v) is 3.68. The van der Waals surface area contributed by atoms with E-state index in [-0.39, 0.29) is 0 Å². The zero-order valence-corrected chi connectivity index (χ0v) is 13.2. The smallest absolute Gasteiger partial charge is 0.0233 e. The molecule has 0 bridgehead atoms. The van der Waals surface area contributed by atoms with Crippen molar-refractivity contribution in [3.05, 3.63) is 35.9 Å². The van der Waals surface area contributed by atoms with Crippen molar-refractivity contribution in [1.82, 2.24) is 15.5 Å². The highest BCUT2D eigenvalue weighted by atomic mass is 15.2. The second kappa shape index (κ2) is 7.39. The maximum Gasteiger partial charge on any atom is 0.0233 e. The summed E-state index contributed by atoms with van der Waals surface area (Å²) in [6.07, 6.45) is 4.01. The summed E-state index contributed by atoms with van der Waals surface area (Å²) in [5, 5.41) is 7.33. The fraction of sp³-hybridized carbons (Fsp3) is 0.667. The normalized spacial score (nSPS) is 28.0. The molecular weight excluding hydrogens is 258 g/mol. The number of hydrogen-bond donors (Lipinski definition) is 2. The van der Waals surface area contributed by atoms with E-state index in [2.05, 4.69) is 52.8 Å². The van der Waals surface area contributed by atoms with E-state index in [0.29, 0.717) is 12.1 Å². The van der Waals surface area contributed by atoms with Crippen LogP contribution < -0.4 is 10.6 Å². The van der Waals surface area contributed by atoms with Gasteiger partial charge in [-0.1, -0.05) is 30.3 Å². The third-order valence-corrected chi connectivity index (χ3v) is 5.11. The van der Waals surface area contributed by atoms with Crippen LogP contribution in [0.15, 0.2) is 30.3 Å². The van der Waals surface area contributed by atoms with E-state index in [0.717, 1.165) is 19.0 Å². The van der Waals surface area contributed by atoms with Gasteiger partial charge in [-0.25, -0.2) is 0 Å². The average molecular weight is 287 g/mol. The molecule has 3 atom stereocenters. The molecule has 2 saturated heterocycles. The Balaban J connectivity index is 1.41. The molecule has 2 N–H and O–H groups in total. The van der Waals surface area contributed by atoms with Crippen LogP contribution in [-0.2, 0) is 6.54 Å². The molecule has 1 aromatic rings. The lowest BCUT2D eigenvalue weighted by Gasteiger charge is -2.23. The zero-order valence-electron chi connectivity index (χ0n) is 13.2. The highest BCUT2D eigenvalue weighted by Gasteiger charge is 2.27. The van der Waals surface area contributed by atoms with Gasteiger partial charge in [-0.2, -0.15) is 0 Å². The molecule has 3 nitrogen and oxygen atoms in total.